The summed E-state index contributed by atoms with van der Waals surface area (Å²) in [7, 11) is -3.63. The lowest BCUT2D eigenvalue weighted by atomic mass is 10.1. The van der Waals surface area contributed by atoms with E-state index in [2.05, 4.69) is 15.1 Å². The highest BCUT2D eigenvalue weighted by molar-refractivity contribution is 7.89. The van der Waals surface area contributed by atoms with Crippen LogP contribution in [0.1, 0.15) is 53.7 Å². The van der Waals surface area contributed by atoms with Crippen molar-refractivity contribution in [3.8, 4) is 5.69 Å². The van der Waals surface area contributed by atoms with Crippen molar-refractivity contribution in [1.29, 1.82) is 0 Å². The van der Waals surface area contributed by atoms with Crippen molar-refractivity contribution in [3.63, 3.8) is 0 Å². The third-order valence-electron chi connectivity index (χ3n) is 6.01. The zero-order valence-corrected chi connectivity index (χ0v) is 19.6. The van der Waals surface area contributed by atoms with E-state index < -0.39 is 10.0 Å². The van der Waals surface area contributed by atoms with Gasteiger partial charge in [0, 0.05) is 24.3 Å². The van der Waals surface area contributed by atoms with Gasteiger partial charge in [-0.05, 0) is 68.5 Å². The van der Waals surface area contributed by atoms with Gasteiger partial charge in [0.1, 0.15) is 0 Å². The lowest BCUT2D eigenvalue weighted by Crippen LogP contribution is -2.33. The predicted octanol–water partition coefficient (Wildman–Crippen LogP) is 3.76. The van der Waals surface area contributed by atoms with Crippen LogP contribution in [0.15, 0.2) is 65.7 Å². The molecule has 1 aliphatic carbocycles. The highest BCUT2D eigenvalue weighted by atomic mass is 32.2. The van der Waals surface area contributed by atoms with Gasteiger partial charge in [-0.3, -0.25) is 4.79 Å². The van der Waals surface area contributed by atoms with Crippen LogP contribution in [0.5, 0.6) is 0 Å². The number of hydrogen-bond acceptors (Lipinski definition) is 4. The first-order valence-corrected chi connectivity index (χ1v) is 12.9. The molecule has 7 nitrogen and oxygen atoms in total. The topological polar surface area (TPSA) is 93.1 Å². The molecule has 3 aromatic rings. The van der Waals surface area contributed by atoms with Crippen LogP contribution in [-0.2, 0) is 16.4 Å². The van der Waals surface area contributed by atoms with Crippen molar-refractivity contribution < 1.29 is 13.2 Å². The first-order valence-electron chi connectivity index (χ1n) is 11.4. The maximum atomic E-state index is 12.7. The molecule has 0 aliphatic heterocycles. The molecule has 1 fully saturated rings. The van der Waals surface area contributed by atoms with E-state index in [1.165, 1.54) is 12.1 Å². The molecule has 33 heavy (non-hydrogen) atoms. The van der Waals surface area contributed by atoms with E-state index in [0.717, 1.165) is 55.5 Å². The smallest absolute Gasteiger partial charge is 0.251 e. The molecule has 0 unspecified atom stereocenters. The maximum absolute atomic E-state index is 12.7. The molecular formula is C25H30N4O3S. The van der Waals surface area contributed by atoms with Crippen molar-refractivity contribution in [1.82, 2.24) is 19.8 Å². The van der Waals surface area contributed by atoms with Crippen molar-refractivity contribution >= 4 is 15.9 Å². The predicted molar refractivity (Wildman–Crippen MR) is 128 cm³/mol. The van der Waals surface area contributed by atoms with Gasteiger partial charge in [-0.25, -0.2) is 17.8 Å². The number of carbonyl (C=O) groups is 1. The monoisotopic (exact) mass is 466 g/mol. The summed E-state index contributed by atoms with van der Waals surface area (Å²) < 4.78 is 30.0. The largest absolute Gasteiger partial charge is 0.352 e. The lowest BCUT2D eigenvalue weighted by molar-refractivity contribution is 0.0953. The minimum absolute atomic E-state index is 0.0119. The quantitative estimate of drug-likeness (QED) is 0.470. The first kappa shape index (κ1) is 23.2. The van der Waals surface area contributed by atoms with Crippen LogP contribution in [0, 0.1) is 6.92 Å². The molecule has 0 saturated heterocycles. The minimum atomic E-state index is -3.63. The SMILES string of the molecule is Cc1nn(-c2ccccc2)cc1CCCNC(=O)c1cccc(S(=O)(=O)NC2CCCC2)c1. The third-order valence-corrected chi connectivity index (χ3v) is 7.53. The molecule has 1 aliphatic rings. The highest BCUT2D eigenvalue weighted by Crippen LogP contribution is 2.21. The number of aromatic nitrogens is 2. The van der Waals surface area contributed by atoms with Crippen LogP contribution in [0.3, 0.4) is 0 Å². The Kier molecular flexibility index (Phi) is 7.25. The second-order valence-electron chi connectivity index (χ2n) is 8.51. The number of amides is 1. The number of carbonyl (C=O) groups excluding carboxylic acids is 1. The Morgan fingerprint density at radius 3 is 2.61 bits per heavy atom. The van der Waals surface area contributed by atoms with Gasteiger partial charge in [-0.2, -0.15) is 5.10 Å². The Morgan fingerprint density at radius 2 is 1.85 bits per heavy atom. The summed E-state index contributed by atoms with van der Waals surface area (Å²) in [5.74, 6) is -0.274. The molecule has 0 radical (unpaired) electrons. The molecule has 4 rings (SSSR count). The van der Waals surface area contributed by atoms with E-state index >= 15 is 0 Å². The zero-order valence-electron chi connectivity index (χ0n) is 18.8. The number of aryl methyl sites for hydroxylation is 2. The van der Waals surface area contributed by atoms with E-state index in [4.69, 9.17) is 0 Å². The molecule has 1 amide bonds. The number of rotatable bonds is 9. The van der Waals surface area contributed by atoms with E-state index in [9.17, 15) is 13.2 Å². The number of para-hydroxylation sites is 1. The standard InChI is InChI=1S/C25H30N4O3S/c1-19-21(18-29(27-19)23-13-3-2-4-14-23)10-8-16-26-25(30)20-9-7-15-24(17-20)33(31,32)28-22-11-5-6-12-22/h2-4,7,9,13-15,17-18,22,28H,5-6,8,10-12,16H2,1H3,(H,26,30). The first-order chi connectivity index (χ1) is 15.9. The van der Waals surface area contributed by atoms with Crippen LogP contribution >= 0.6 is 0 Å². The molecule has 1 saturated carbocycles. The summed E-state index contributed by atoms with van der Waals surface area (Å²) >= 11 is 0. The molecule has 0 bridgehead atoms. The Bertz CT molecular complexity index is 1200. The normalized spacial score (nSPS) is 14.5. The van der Waals surface area contributed by atoms with E-state index in [0.29, 0.717) is 12.1 Å². The molecule has 1 aromatic heterocycles. The average Bonchev–Trinajstić information content (AvgIpc) is 3.46. The highest BCUT2D eigenvalue weighted by Gasteiger charge is 2.23. The maximum Gasteiger partial charge on any atom is 0.251 e. The lowest BCUT2D eigenvalue weighted by Gasteiger charge is -2.13. The number of nitrogens with one attached hydrogen (secondary N) is 2. The van der Waals surface area contributed by atoms with E-state index in [-0.39, 0.29) is 16.8 Å². The Morgan fingerprint density at radius 1 is 1.09 bits per heavy atom. The van der Waals surface area contributed by atoms with Gasteiger partial charge in [-0.15, -0.1) is 0 Å². The molecule has 8 heteroatoms. The van der Waals surface area contributed by atoms with Crippen LogP contribution in [0.4, 0.5) is 0 Å². The van der Waals surface area contributed by atoms with Gasteiger partial charge in [0.15, 0.2) is 0 Å². The summed E-state index contributed by atoms with van der Waals surface area (Å²) in [5, 5.41) is 7.48. The van der Waals surface area contributed by atoms with Gasteiger partial charge in [0.05, 0.1) is 16.3 Å². The van der Waals surface area contributed by atoms with Gasteiger partial charge >= 0.3 is 0 Å². The van der Waals surface area contributed by atoms with Crippen LogP contribution < -0.4 is 10.0 Å². The van der Waals surface area contributed by atoms with Crippen molar-refractivity contribution in [3.05, 3.63) is 77.6 Å². The Labute approximate surface area is 195 Å². The fraction of sp³-hybridized carbons (Fsp3) is 0.360. The number of hydrogen-bond donors (Lipinski definition) is 2. The number of nitrogens with zero attached hydrogens (tertiary/aromatic N) is 2. The molecule has 2 aromatic carbocycles. The third kappa shape index (κ3) is 5.89. The van der Waals surface area contributed by atoms with Gasteiger partial charge in [-0.1, -0.05) is 37.1 Å². The Balaban J connectivity index is 1.31. The Hall–Kier alpha value is -2.97. The fourth-order valence-electron chi connectivity index (χ4n) is 4.17. The van der Waals surface area contributed by atoms with Crippen molar-refractivity contribution in [2.45, 2.75) is 56.4 Å². The summed E-state index contributed by atoms with van der Waals surface area (Å²) in [5.41, 5.74) is 3.46. The van der Waals surface area contributed by atoms with E-state index in [1.807, 2.05) is 48.1 Å². The number of benzene rings is 2. The number of sulfonamides is 1. The minimum Gasteiger partial charge on any atom is -0.352 e. The summed E-state index contributed by atoms with van der Waals surface area (Å²) in [6.45, 7) is 2.48. The van der Waals surface area contributed by atoms with E-state index in [1.54, 1.807) is 12.1 Å². The average molecular weight is 467 g/mol. The van der Waals surface area contributed by atoms with Crippen LogP contribution in [0.25, 0.3) is 5.69 Å². The fourth-order valence-corrected chi connectivity index (χ4v) is 5.52. The molecule has 0 spiro atoms. The van der Waals surface area contributed by atoms with Crippen LogP contribution in [-0.4, -0.2) is 36.7 Å². The van der Waals surface area contributed by atoms with Gasteiger partial charge in [0.25, 0.3) is 5.91 Å². The molecule has 1 heterocycles. The molecular weight excluding hydrogens is 436 g/mol. The second kappa shape index (κ2) is 10.3. The molecule has 2 N–H and O–H groups in total. The summed E-state index contributed by atoms with van der Waals surface area (Å²) in [6.07, 6.45) is 7.39. The van der Waals surface area contributed by atoms with Crippen molar-refractivity contribution in [2.75, 3.05) is 6.54 Å². The second-order valence-corrected chi connectivity index (χ2v) is 10.2. The summed E-state index contributed by atoms with van der Waals surface area (Å²) in [4.78, 5) is 12.7. The molecule has 174 valence electrons. The zero-order chi connectivity index (χ0) is 23.3. The molecule has 0 atom stereocenters. The van der Waals surface area contributed by atoms with Crippen LogP contribution in [0.2, 0.25) is 0 Å². The summed E-state index contributed by atoms with van der Waals surface area (Å²) in [6, 6.07) is 16.2. The van der Waals surface area contributed by atoms with Gasteiger partial charge in [0.2, 0.25) is 10.0 Å². The van der Waals surface area contributed by atoms with Crippen molar-refractivity contribution in [2.24, 2.45) is 0 Å². The van der Waals surface area contributed by atoms with Gasteiger partial charge < -0.3 is 5.32 Å².